The van der Waals surface area contributed by atoms with E-state index in [1.807, 2.05) is 32.0 Å². The first-order chi connectivity index (χ1) is 12.8. The number of hydrogen-bond donors (Lipinski definition) is 2. The van der Waals surface area contributed by atoms with Gasteiger partial charge in [-0.1, -0.05) is 28.5 Å². The lowest BCUT2D eigenvalue weighted by molar-refractivity contribution is -0.136. The van der Waals surface area contributed by atoms with Gasteiger partial charge < -0.3 is 10.4 Å². The fourth-order valence-electron chi connectivity index (χ4n) is 2.90. The molecule has 7 heteroatoms. The van der Waals surface area contributed by atoms with Gasteiger partial charge >= 0.3 is 5.97 Å². The molecule has 0 spiro atoms. The van der Waals surface area contributed by atoms with Gasteiger partial charge in [-0.15, -0.1) is 0 Å². The Hall–Kier alpha value is -3.06. The zero-order valence-corrected chi connectivity index (χ0v) is 16.1. The summed E-state index contributed by atoms with van der Waals surface area (Å²) in [5.41, 5.74) is 5.23. The highest BCUT2D eigenvalue weighted by Gasteiger charge is 2.17. The average Bonchev–Trinajstić information content (AvgIpc) is 2.96. The Labute approximate surface area is 160 Å². The number of anilines is 1. The largest absolute Gasteiger partial charge is 0.481 e. The van der Waals surface area contributed by atoms with Gasteiger partial charge in [-0.2, -0.15) is 0 Å². The van der Waals surface area contributed by atoms with Gasteiger partial charge in [0.15, 0.2) is 5.13 Å². The van der Waals surface area contributed by atoms with E-state index in [0.717, 1.165) is 32.8 Å². The number of aryl methyl sites for hydroxylation is 2. The molecule has 0 aliphatic heterocycles. The van der Waals surface area contributed by atoms with E-state index in [9.17, 15) is 9.59 Å². The van der Waals surface area contributed by atoms with E-state index in [1.54, 1.807) is 12.3 Å². The average molecular weight is 381 g/mol. The summed E-state index contributed by atoms with van der Waals surface area (Å²) < 4.78 is 0. The summed E-state index contributed by atoms with van der Waals surface area (Å²) >= 11 is 1.36. The predicted octanol–water partition coefficient (Wildman–Crippen LogP) is 4.07. The monoisotopic (exact) mass is 381 g/mol. The van der Waals surface area contributed by atoms with Crippen LogP contribution < -0.4 is 5.32 Å². The molecule has 0 fully saturated rings. The molecule has 6 nitrogen and oxygen atoms in total. The zero-order chi connectivity index (χ0) is 19.6. The lowest BCUT2D eigenvalue weighted by Crippen LogP contribution is -2.04. The number of carboxylic acid groups (broad SMARTS) is 1. The quantitative estimate of drug-likeness (QED) is 0.695. The number of carbonyl (C=O) groups excluding carboxylic acids is 1. The smallest absolute Gasteiger partial charge is 0.309 e. The summed E-state index contributed by atoms with van der Waals surface area (Å²) in [7, 11) is 0. The molecule has 0 bridgehead atoms. The number of aromatic nitrogens is 2. The van der Waals surface area contributed by atoms with Gasteiger partial charge in [0, 0.05) is 18.7 Å². The van der Waals surface area contributed by atoms with Gasteiger partial charge in [0.2, 0.25) is 5.91 Å². The van der Waals surface area contributed by atoms with E-state index in [2.05, 4.69) is 21.4 Å². The molecule has 3 rings (SSSR count). The van der Waals surface area contributed by atoms with Crippen LogP contribution >= 0.6 is 11.3 Å². The highest BCUT2D eigenvalue weighted by Crippen LogP contribution is 2.39. The summed E-state index contributed by atoms with van der Waals surface area (Å²) in [6.45, 7) is 5.48. The van der Waals surface area contributed by atoms with Crippen molar-refractivity contribution < 1.29 is 14.7 Å². The van der Waals surface area contributed by atoms with Gasteiger partial charge in [-0.3, -0.25) is 14.6 Å². The van der Waals surface area contributed by atoms with Crippen molar-refractivity contribution in [2.24, 2.45) is 0 Å². The fourth-order valence-corrected chi connectivity index (χ4v) is 3.93. The molecule has 0 aliphatic carbocycles. The number of pyridine rings is 1. The van der Waals surface area contributed by atoms with Crippen LogP contribution in [-0.4, -0.2) is 27.0 Å². The first kappa shape index (κ1) is 18.7. The van der Waals surface area contributed by atoms with Gasteiger partial charge in [-0.05, 0) is 43.7 Å². The minimum Gasteiger partial charge on any atom is -0.481 e. The number of benzene rings is 1. The Bertz CT molecular complexity index is 1010. The number of amides is 1. The van der Waals surface area contributed by atoms with Crippen LogP contribution in [0.25, 0.3) is 21.7 Å². The Balaban J connectivity index is 2.14. The van der Waals surface area contributed by atoms with E-state index in [4.69, 9.17) is 5.11 Å². The highest BCUT2D eigenvalue weighted by atomic mass is 32.1. The summed E-state index contributed by atoms with van der Waals surface area (Å²) in [5.74, 6) is -1.12. The lowest BCUT2D eigenvalue weighted by atomic mass is 10.0. The molecule has 27 heavy (non-hydrogen) atoms. The summed E-state index contributed by atoms with van der Waals surface area (Å²) in [5, 5.41) is 12.3. The van der Waals surface area contributed by atoms with Crippen molar-refractivity contribution in [1.82, 2.24) is 9.97 Å². The van der Waals surface area contributed by atoms with E-state index in [1.165, 1.54) is 18.3 Å². The molecule has 0 radical (unpaired) electrons. The van der Waals surface area contributed by atoms with Gasteiger partial charge in [0.25, 0.3) is 0 Å². The number of rotatable bonds is 5. The van der Waals surface area contributed by atoms with Crippen molar-refractivity contribution in [2.75, 3.05) is 5.32 Å². The Morgan fingerprint density at radius 2 is 1.81 bits per heavy atom. The van der Waals surface area contributed by atoms with Crippen molar-refractivity contribution in [3.8, 4) is 21.7 Å². The van der Waals surface area contributed by atoms with Gasteiger partial charge in [0.1, 0.15) is 0 Å². The minimum absolute atomic E-state index is 0.149. The molecule has 0 atom stereocenters. The van der Waals surface area contributed by atoms with Crippen molar-refractivity contribution in [2.45, 2.75) is 27.2 Å². The van der Waals surface area contributed by atoms with Crippen LogP contribution in [0.5, 0.6) is 0 Å². The first-order valence-corrected chi connectivity index (χ1v) is 9.17. The molecule has 1 aromatic carbocycles. The van der Waals surface area contributed by atoms with E-state index >= 15 is 0 Å². The number of nitrogens with zero attached hydrogens (tertiary/aromatic N) is 2. The van der Waals surface area contributed by atoms with E-state index in [-0.39, 0.29) is 12.3 Å². The molecule has 0 aliphatic rings. The highest BCUT2D eigenvalue weighted by molar-refractivity contribution is 7.19. The summed E-state index contributed by atoms with van der Waals surface area (Å²) in [6.07, 6.45) is 1.45. The maximum atomic E-state index is 11.5. The first-order valence-electron chi connectivity index (χ1n) is 8.36. The van der Waals surface area contributed by atoms with Gasteiger partial charge in [0.05, 0.1) is 22.7 Å². The predicted molar refractivity (Wildman–Crippen MR) is 106 cm³/mol. The molecule has 2 N–H and O–H groups in total. The standard InChI is InChI=1S/C20H19N3O3S/c1-11-6-12(2)8-15(7-11)18-19(27-20(23-18)22-13(3)24)14-4-5-21-16(9-14)10-17(25)26/h4-9H,10H2,1-3H3,(H,25,26)(H,22,23,24). The molecule has 0 saturated heterocycles. The number of nitrogens with one attached hydrogen (secondary N) is 1. The van der Waals surface area contributed by atoms with Crippen molar-refractivity contribution in [3.63, 3.8) is 0 Å². The molecular formula is C20H19N3O3S. The number of carboxylic acids is 1. The number of hydrogen-bond acceptors (Lipinski definition) is 5. The SMILES string of the molecule is CC(=O)Nc1nc(-c2cc(C)cc(C)c2)c(-c2ccnc(CC(=O)O)c2)s1. The lowest BCUT2D eigenvalue weighted by Gasteiger charge is -2.06. The second kappa shape index (κ2) is 7.67. The van der Waals surface area contributed by atoms with Crippen LogP contribution in [0.15, 0.2) is 36.5 Å². The van der Waals surface area contributed by atoms with E-state index in [0.29, 0.717) is 10.8 Å². The maximum absolute atomic E-state index is 11.5. The summed E-state index contributed by atoms with van der Waals surface area (Å²) in [6, 6.07) is 9.75. The molecule has 2 aromatic heterocycles. The third-order valence-corrected chi connectivity index (χ3v) is 4.84. The molecule has 0 saturated carbocycles. The fraction of sp³-hybridized carbons (Fsp3) is 0.200. The second-order valence-electron chi connectivity index (χ2n) is 6.36. The normalized spacial score (nSPS) is 10.6. The third-order valence-electron chi connectivity index (χ3n) is 3.82. The minimum atomic E-state index is -0.933. The van der Waals surface area contributed by atoms with Crippen molar-refractivity contribution in [3.05, 3.63) is 53.3 Å². The Morgan fingerprint density at radius 3 is 2.44 bits per heavy atom. The molecule has 2 heterocycles. The Kier molecular flexibility index (Phi) is 5.32. The second-order valence-corrected chi connectivity index (χ2v) is 7.36. The topological polar surface area (TPSA) is 92.2 Å². The number of aliphatic carboxylic acids is 1. The molecular weight excluding hydrogens is 362 g/mol. The molecule has 3 aromatic rings. The van der Waals surface area contributed by atoms with E-state index < -0.39 is 5.97 Å². The number of carbonyl (C=O) groups is 2. The van der Waals surface area contributed by atoms with Crippen molar-refractivity contribution >= 4 is 28.3 Å². The van der Waals surface area contributed by atoms with Crippen molar-refractivity contribution in [1.29, 1.82) is 0 Å². The third kappa shape index (κ3) is 4.57. The van der Waals surface area contributed by atoms with Crippen LogP contribution in [-0.2, 0) is 16.0 Å². The number of thiazole rings is 1. The molecule has 1 amide bonds. The Morgan fingerprint density at radius 1 is 1.11 bits per heavy atom. The van der Waals surface area contributed by atoms with Gasteiger partial charge in [-0.25, -0.2) is 4.98 Å². The van der Waals surface area contributed by atoms with Crippen LogP contribution in [0.2, 0.25) is 0 Å². The van der Waals surface area contributed by atoms with Crippen LogP contribution in [0.4, 0.5) is 5.13 Å². The molecule has 0 unspecified atom stereocenters. The maximum Gasteiger partial charge on any atom is 0.309 e. The zero-order valence-electron chi connectivity index (χ0n) is 15.2. The summed E-state index contributed by atoms with van der Waals surface area (Å²) in [4.78, 5) is 32.1. The van der Waals surface area contributed by atoms with Crippen LogP contribution in [0.3, 0.4) is 0 Å². The van der Waals surface area contributed by atoms with Crippen LogP contribution in [0, 0.1) is 13.8 Å². The van der Waals surface area contributed by atoms with Crippen LogP contribution in [0.1, 0.15) is 23.7 Å². The molecule has 138 valence electrons.